The Balaban J connectivity index is 2.13. The van der Waals surface area contributed by atoms with Gasteiger partial charge in [-0.3, -0.25) is 9.59 Å². The summed E-state index contributed by atoms with van der Waals surface area (Å²) in [5, 5.41) is 9.87. The lowest BCUT2D eigenvalue weighted by molar-refractivity contribution is -0.153. The first-order chi connectivity index (χ1) is 12.0. The highest BCUT2D eigenvalue weighted by Gasteiger charge is 2.57. The number of amides is 1. The van der Waals surface area contributed by atoms with Crippen LogP contribution in [-0.2, 0) is 20.9 Å². The topological polar surface area (TPSA) is 88.8 Å². The molecule has 1 N–H and O–H groups in total. The van der Waals surface area contributed by atoms with Crippen LogP contribution in [0, 0.1) is 11.8 Å². The highest BCUT2D eigenvalue weighted by Crippen LogP contribution is 2.49. The Hall–Kier alpha value is -2.41. The van der Waals surface area contributed by atoms with Crippen LogP contribution in [0.1, 0.15) is 31.1 Å². The van der Waals surface area contributed by atoms with Gasteiger partial charge in [-0.15, -0.1) is 0 Å². The minimum atomic E-state index is -0.832. The summed E-state index contributed by atoms with van der Waals surface area (Å²) in [7, 11) is 1.27. The van der Waals surface area contributed by atoms with Crippen molar-refractivity contribution in [2.45, 2.75) is 32.5 Å². The van der Waals surface area contributed by atoms with Crippen LogP contribution < -0.4 is 5.56 Å². The number of aromatic nitrogens is 1. The van der Waals surface area contributed by atoms with E-state index in [1.165, 1.54) is 18.9 Å². The van der Waals surface area contributed by atoms with Gasteiger partial charge in [0.15, 0.2) is 0 Å². The Bertz CT molecular complexity index is 797. The van der Waals surface area contributed by atoms with Crippen molar-refractivity contribution in [2.75, 3.05) is 13.7 Å². The molecule has 1 saturated heterocycles. The largest absolute Gasteiger partial charge is 0.467 e. The van der Waals surface area contributed by atoms with E-state index in [0.717, 1.165) is 0 Å². The van der Waals surface area contributed by atoms with E-state index in [0.29, 0.717) is 17.8 Å². The van der Waals surface area contributed by atoms with Crippen LogP contribution in [0.25, 0.3) is 6.08 Å². The zero-order valence-corrected chi connectivity index (χ0v) is 14.5. The molecule has 1 amide bonds. The van der Waals surface area contributed by atoms with E-state index < -0.39 is 24.0 Å². The van der Waals surface area contributed by atoms with Gasteiger partial charge in [0.1, 0.15) is 6.04 Å². The molecule has 7 heteroatoms. The average molecular weight is 346 g/mol. The summed E-state index contributed by atoms with van der Waals surface area (Å²) in [6.07, 6.45) is 3.54. The van der Waals surface area contributed by atoms with Crippen molar-refractivity contribution in [3.63, 3.8) is 0 Å². The van der Waals surface area contributed by atoms with Crippen molar-refractivity contribution < 1.29 is 19.4 Å². The normalized spacial score (nSPS) is 27.4. The average Bonchev–Trinajstić information content (AvgIpc) is 3.11. The van der Waals surface area contributed by atoms with E-state index in [9.17, 15) is 19.5 Å². The molecule has 2 aliphatic heterocycles. The van der Waals surface area contributed by atoms with Crippen molar-refractivity contribution in [3.8, 4) is 0 Å². The summed E-state index contributed by atoms with van der Waals surface area (Å²) in [5.41, 5.74) is 1.15. The highest BCUT2D eigenvalue weighted by molar-refractivity contribution is 5.85. The van der Waals surface area contributed by atoms with E-state index in [-0.39, 0.29) is 24.0 Å². The second-order valence-electron chi connectivity index (χ2n) is 6.48. The monoisotopic (exact) mass is 346 g/mol. The van der Waals surface area contributed by atoms with Gasteiger partial charge < -0.3 is 19.3 Å². The van der Waals surface area contributed by atoms with Gasteiger partial charge in [0.25, 0.3) is 5.56 Å². The number of likely N-dealkylation sites (tertiary alicyclic amines) is 1. The van der Waals surface area contributed by atoms with E-state index >= 15 is 0 Å². The standard InChI is InChI=1S/C18H22N2O5/c1-4-5-11-6-7-14-15-12(8-19(14)17(11)23)13(9-21)16(18(24)25-3)20(15)10(2)22/h4-7,12-13,15-16,21H,8-9H2,1-3H3/b5-4-/t12-,13-,15+,16-/m0/s1. The lowest BCUT2D eigenvalue weighted by Gasteiger charge is -2.28. The van der Waals surface area contributed by atoms with Gasteiger partial charge >= 0.3 is 5.97 Å². The lowest BCUT2D eigenvalue weighted by atomic mass is 9.88. The molecule has 0 aromatic carbocycles. The smallest absolute Gasteiger partial charge is 0.328 e. The maximum atomic E-state index is 12.7. The molecule has 0 saturated carbocycles. The van der Waals surface area contributed by atoms with Gasteiger partial charge in [0, 0.05) is 43.2 Å². The van der Waals surface area contributed by atoms with Gasteiger partial charge in [-0.05, 0) is 19.1 Å². The first-order valence-corrected chi connectivity index (χ1v) is 8.30. The Morgan fingerprint density at radius 1 is 1.40 bits per heavy atom. The quantitative estimate of drug-likeness (QED) is 0.808. The SMILES string of the molecule is C/C=C\c1ccc2n(c1=O)C[C@H]1[C@H](CO)[C@@H](C(=O)OC)N(C(C)=O)[C@@H]21. The molecule has 4 atom stereocenters. The first kappa shape index (κ1) is 17.4. The van der Waals surface area contributed by atoms with Crippen LogP contribution in [-0.4, -0.2) is 46.2 Å². The molecule has 3 rings (SSSR count). The molecular formula is C18H22N2O5. The number of nitrogens with zero attached hydrogens (tertiary/aromatic N) is 2. The third kappa shape index (κ3) is 2.50. The lowest BCUT2D eigenvalue weighted by Crippen LogP contribution is -2.45. The molecule has 0 bridgehead atoms. The Morgan fingerprint density at radius 2 is 2.12 bits per heavy atom. The molecule has 2 aliphatic rings. The number of methoxy groups -OCH3 is 1. The number of carbonyl (C=O) groups excluding carboxylic acids is 2. The number of allylic oxidation sites excluding steroid dienone is 1. The zero-order valence-electron chi connectivity index (χ0n) is 14.5. The van der Waals surface area contributed by atoms with Crippen LogP contribution in [0.3, 0.4) is 0 Å². The molecule has 7 nitrogen and oxygen atoms in total. The van der Waals surface area contributed by atoms with Crippen LogP contribution in [0.5, 0.6) is 0 Å². The summed E-state index contributed by atoms with van der Waals surface area (Å²) in [5.74, 6) is -1.49. The molecule has 0 unspecified atom stereocenters. The summed E-state index contributed by atoms with van der Waals surface area (Å²) < 4.78 is 6.50. The Kier molecular flexibility index (Phi) is 4.51. The minimum Gasteiger partial charge on any atom is -0.467 e. The van der Waals surface area contributed by atoms with Crippen molar-refractivity contribution >= 4 is 18.0 Å². The fourth-order valence-electron chi connectivity index (χ4n) is 4.26. The van der Waals surface area contributed by atoms with Crippen LogP contribution in [0.15, 0.2) is 23.0 Å². The number of esters is 1. The third-order valence-electron chi connectivity index (χ3n) is 5.26. The van der Waals surface area contributed by atoms with Gasteiger partial charge in [0.05, 0.1) is 13.2 Å². The van der Waals surface area contributed by atoms with Crippen molar-refractivity contribution in [3.05, 3.63) is 39.8 Å². The maximum absolute atomic E-state index is 12.7. The molecule has 134 valence electrons. The molecule has 1 aromatic heterocycles. The summed E-state index contributed by atoms with van der Waals surface area (Å²) in [6.45, 7) is 3.34. The predicted octanol–water partition coefficient (Wildman–Crippen LogP) is 0.565. The molecule has 3 heterocycles. The Morgan fingerprint density at radius 3 is 2.68 bits per heavy atom. The fraction of sp³-hybridized carbons (Fsp3) is 0.500. The van der Waals surface area contributed by atoms with Gasteiger partial charge in [0.2, 0.25) is 5.91 Å². The van der Waals surface area contributed by atoms with Gasteiger partial charge in [-0.1, -0.05) is 12.2 Å². The number of aliphatic hydroxyl groups excluding tert-OH is 1. The molecule has 0 aliphatic carbocycles. The molecule has 1 fully saturated rings. The number of hydrogen-bond acceptors (Lipinski definition) is 5. The Labute approximate surface area is 145 Å². The van der Waals surface area contributed by atoms with E-state index in [2.05, 4.69) is 0 Å². The third-order valence-corrected chi connectivity index (χ3v) is 5.26. The van der Waals surface area contributed by atoms with Crippen molar-refractivity contribution in [1.29, 1.82) is 0 Å². The van der Waals surface area contributed by atoms with E-state index in [4.69, 9.17) is 4.74 Å². The molecule has 25 heavy (non-hydrogen) atoms. The van der Waals surface area contributed by atoms with Gasteiger partial charge in [-0.25, -0.2) is 4.79 Å². The second kappa shape index (κ2) is 6.48. The molecule has 1 aromatic rings. The first-order valence-electron chi connectivity index (χ1n) is 8.30. The van der Waals surface area contributed by atoms with Crippen molar-refractivity contribution in [1.82, 2.24) is 9.47 Å². The summed E-state index contributed by atoms with van der Waals surface area (Å²) >= 11 is 0. The molecule has 0 radical (unpaired) electrons. The fourth-order valence-corrected chi connectivity index (χ4v) is 4.26. The second-order valence-corrected chi connectivity index (χ2v) is 6.48. The number of carbonyl (C=O) groups is 2. The summed E-state index contributed by atoms with van der Waals surface area (Å²) in [6, 6.07) is 2.31. The number of hydrogen-bond donors (Lipinski definition) is 1. The highest BCUT2D eigenvalue weighted by atomic mass is 16.5. The van der Waals surface area contributed by atoms with Crippen molar-refractivity contribution in [2.24, 2.45) is 11.8 Å². The maximum Gasteiger partial charge on any atom is 0.328 e. The number of rotatable bonds is 3. The minimum absolute atomic E-state index is 0.125. The molecule has 0 spiro atoms. The number of ether oxygens (including phenoxy) is 1. The van der Waals surface area contributed by atoms with Gasteiger partial charge in [-0.2, -0.15) is 0 Å². The predicted molar refractivity (Wildman–Crippen MR) is 90.5 cm³/mol. The number of pyridine rings is 1. The molecular weight excluding hydrogens is 324 g/mol. The zero-order chi connectivity index (χ0) is 18.3. The van der Waals surface area contributed by atoms with Crippen LogP contribution >= 0.6 is 0 Å². The van der Waals surface area contributed by atoms with E-state index in [1.54, 1.807) is 22.8 Å². The van der Waals surface area contributed by atoms with Crippen LogP contribution in [0.2, 0.25) is 0 Å². The van der Waals surface area contributed by atoms with Crippen LogP contribution in [0.4, 0.5) is 0 Å². The van der Waals surface area contributed by atoms with E-state index in [1.807, 2.05) is 13.0 Å². The number of aliphatic hydroxyl groups is 1. The number of fused-ring (bicyclic) bond motifs is 3. The summed E-state index contributed by atoms with van der Waals surface area (Å²) in [4.78, 5) is 38.7.